The van der Waals surface area contributed by atoms with Gasteiger partial charge in [-0.15, -0.1) is 0 Å². The molecule has 0 spiro atoms. The van der Waals surface area contributed by atoms with E-state index >= 15 is 0 Å². The highest BCUT2D eigenvalue weighted by molar-refractivity contribution is 5.90. The van der Waals surface area contributed by atoms with Crippen molar-refractivity contribution in [1.29, 1.82) is 0 Å². The summed E-state index contributed by atoms with van der Waals surface area (Å²) in [6.45, 7) is 1.67. The van der Waals surface area contributed by atoms with Gasteiger partial charge in [0.1, 0.15) is 12.4 Å². The van der Waals surface area contributed by atoms with E-state index < -0.39 is 6.10 Å². The van der Waals surface area contributed by atoms with Crippen molar-refractivity contribution in [3.05, 3.63) is 70.1 Å². The standard InChI is InChI=1S/C17H18N4O3/c1-12(22)20-15-9-14(16(23)10-19-21-18)7-8-17(15)24-11-13-5-3-2-4-6-13/h2-9,16,23H,10-11H2,1H3,(H,20,22)/t16-/m0/s1. The predicted molar refractivity (Wildman–Crippen MR) is 90.5 cm³/mol. The summed E-state index contributed by atoms with van der Waals surface area (Å²) < 4.78 is 5.76. The molecule has 0 unspecified atom stereocenters. The van der Waals surface area contributed by atoms with E-state index in [4.69, 9.17) is 10.3 Å². The average Bonchev–Trinajstić information content (AvgIpc) is 2.59. The van der Waals surface area contributed by atoms with Crippen molar-refractivity contribution in [2.45, 2.75) is 19.6 Å². The summed E-state index contributed by atoms with van der Waals surface area (Å²) in [6.07, 6.45) is -0.948. The Morgan fingerprint density at radius 2 is 2.08 bits per heavy atom. The number of ether oxygens (including phenoxy) is 1. The summed E-state index contributed by atoms with van der Waals surface area (Å²) in [7, 11) is 0. The maximum absolute atomic E-state index is 11.4. The van der Waals surface area contributed by atoms with Gasteiger partial charge in [-0.05, 0) is 28.8 Å². The smallest absolute Gasteiger partial charge is 0.221 e. The van der Waals surface area contributed by atoms with Crippen molar-refractivity contribution in [3.63, 3.8) is 0 Å². The predicted octanol–water partition coefficient (Wildman–Crippen LogP) is 3.57. The molecular weight excluding hydrogens is 308 g/mol. The van der Waals surface area contributed by atoms with Crippen LogP contribution in [0.5, 0.6) is 5.75 Å². The van der Waals surface area contributed by atoms with Crippen molar-refractivity contribution < 1.29 is 14.6 Å². The van der Waals surface area contributed by atoms with E-state index in [0.29, 0.717) is 23.6 Å². The molecule has 0 aliphatic rings. The van der Waals surface area contributed by atoms with Crippen LogP contribution in [0.2, 0.25) is 0 Å². The molecule has 0 radical (unpaired) electrons. The van der Waals surface area contributed by atoms with E-state index in [1.165, 1.54) is 6.92 Å². The topological polar surface area (TPSA) is 107 Å². The molecule has 2 aromatic carbocycles. The number of nitrogens with one attached hydrogen (secondary N) is 1. The summed E-state index contributed by atoms with van der Waals surface area (Å²) in [5.41, 5.74) is 10.3. The summed E-state index contributed by atoms with van der Waals surface area (Å²) >= 11 is 0. The number of aliphatic hydroxyl groups is 1. The molecule has 2 N–H and O–H groups in total. The number of rotatable bonds is 7. The number of anilines is 1. The van der Waals surface area contributed by atoms with Crippen LogP contribution in [0.3, 0.4) is 0 Å². The van der Waals surface area contributed by atoms with Gasteiger partial charge in [0, 0.05) is 11.8 Å². The van der Waals surface area contributed by atoms with Crippen LogP contribution in [0, 0.1) is 0 Å². The van der Waals surface area contributed by atoms with Crippen LogP contribution in [-0.4, -0.2) is 17.6 Å². The monoisotopic (exact) mass is 326 g/mol. The van der Waals surface area contributed by atoms with E-state index in [1.807, 2.05) is 30.3 Å². The Hall–Kier alpha value is -3.02. The molecule has 0 aromatic heterocycles. The number of hydrogen-bond acceptors (Lipinski definition) is 4. The number of amides is 1. The van der Waals surface area contributed by atoms with Gasteiger partial charge in [-0.1, -0.05) is 41.5 Å². The van der Waals surface area contributed by atoms with Crippen molar-refractivity contribution in [2.75, 3.05) is 11.9 Å². The second-order valence-electron chi connectivity index (χ2n) is 5.14. The summed E-state index contributed by atoms with van der Waals surface area (Å²) in [5, 5.41) is 16.0. The maximum atomic E-state index is 11.4. The largest absolute Gasteiger partial charge is 0.487 e. The summed E-state index contributed by atoms with van der Waals surface area (Å²) in [5.74, 6) is 0.245. The van der Waals surface area contributed by atoms with E-state index in [-0.39, 0.29) is 12.5 Å². The number of hydrogen-bond donors (Lipinski definition) is 2. The van der Waals surface area contributed by atoms with E-state index in [1.54, 1.807) is 18.2 Å². The van der Waals surface area contributed by atoms with E-state index in [2.05, 4.69) is 15.3 Å². The zero-order chi connectivity index (χ0) is 17.4. The molecule has 2 rings (SSSR count). The van der Waals surface area contributed by atoms with Crippen molar-refractivity contribution in [1.82, 2.24) is 0 Å². The second-order valence-corrected chi connectivity index (χ2v) is 5.14. The van der Waals surface area contributed by atoms with Gasteiger partial charge in [0.15, 0.2) is 0 Å². The molecule has 0 saturated heterocycles. The highest BCUT2D eigenvalue weighted by Crippen LogP contribution is 2.29. The number of aliphatic hydroxyl groups excluding tert-OH is 1. The Bertz CT molecular complexity index is 743. The molecule has 7 heteroatoms. The third-order valence-electron chi connectivity index (χ3n) is 3.25. The zero-order valence-corrected chi connectivity index (χ0v) is 13.2. The van der Waals surface area contributed by atoms with Crippen LogP contribution in [0.15, 0.2) is 53.6 Å². The van der Waals surface area contributed by atoms with E-state index in [9.17, 15) is 9.90 Å². The molecule has 0 heterocycles. The van der Waals surface area contributed by atoms with Crippen LogP contribution in [-0.2, 0) is 11.4 Å². The lowest BCUT2D eigenvalue weighted by Gasteiger charge is -2.15. The van der Waals surface area contributed by atoms with Gasteiger partial charge in [-0.2, -0.15) is 0 Å². The van der Waals surface area contributed by atoms with Crippen LogP contribution in [0.4, 0.5) is 5.69 Å². The van der Waals surface area contributed by atoms with Gasteiger partial charge < -0.3 is 15.2 Å². The van der Waals surface area contributed by atoms with E-state index in [0.717, 1.165) is 5.56 Å². The Labute approximate surface area is 139 Å². The van der Waals surface area contributed by atoms with Crippen molar-refractivity contribution >= 4 is 11.6 Å². The number of azide groups is 1. The molecule has 0 aliphatic heterocycles. The first-order chi connectivity index (χ1) is 11.6. The Balaban J connectivity index is 2.19. The molecular formula is C17H18N4O3. The zero-order valence-electron chi connectivity index (χ0n) is 13.2. The van der Waals surface area contributed by atoms with Gasteiger partial charge in [-0.25, -0.2) is 0 Å². The number of nitrogens with zero attached hydrogens (tertiary/aromatic N) is 3. The molecule has 124 valence electrons. The molecule has 7 nitrogen and oxygen atoms in total. The fourth-order valence-electron chi connectivity index (χ4n) is 2.12. The number of benzene rings is 2. The third kappa shape index (κ3) is 5.01. The van der Waals surface area contributed by atoms with Crippen LogP contribution >= 0.6 is 0 Å². The quantitative estimate of drug-likeness (QED) is 0.461. The average molecular weight is 326 g/mol. The molecule has 1 amide bonds. The fraction of sp³-hybridized carbons (Fsp3) is 0.235. The lowest BCUT2D eigenvalue weighted by atomic mass is 10.1. The number of carbonyl (C=O) groups is 1. The van der Waals surface area contributed by atoms with Gasteiger partial charge >= 0.3 is 0 Å². The lowest BCUT2D eigenvalue weighted by molar-refractivity contribution is -0.114. The summed E-state index contributed by atoms with van der Waals surface area (Å²) in [4.78, 5) is 14.0. The normalized spacial score (nSPS) is 11.2. The first kappa shape index (κ1) is 17.3. The van der Waals surface area contributed by atoms with Gasteiger partial charge in [0.05, 0.1) is 18.3 Å². The minimum atomic E-state index is -0.948. The minimum Gasteiger partial charge on any atom is -0.487 e. The molecule has 24 heavy (non-hydrogen) atoms. The molecule has 0 fully saturated rings. The number of carbonyl (C=O) groups excluding carboxylic acids is 1. The van der Waals surface area contributed by atoms with Crippen molar-refractivity contribution in [3.8, 4) is 5.75 Å². The first-order valence-electron chi connectivity index (χ1n) is 7.37. The molecule has 0 saturated carbocycles. The Kier molecular flexibility index (Phi) is 6.19. The Morgan fingerprint density at radius 3 is 2.75 bits per heavy atom. The summed E-state index contributed by atoms with van der Waals surface area (Å²) in [6, 6.07) is 14.6. The van der Waals surface area contributed by atoms with Crippen LogP contribution in [0.25, 0.3) is 10.4 Å². The minimum absolute atomic E-state index is 0.0831. The molecule has 0 aliphatic carbocycles. The lowest BCUT2D eigenvalue weighted by Crippen LogP contribution is -2.10. The fourth-order valence-corrected chi connectivity index (χ4v) is 2.12. The maximum Gasteiger partial charge on any atom is 0.221 e. The SMILES string of the molecule is CC(=O)Nc1cc([C@@H](O)CN=[N+]=[N-])ccc1OCc1ccccc1. The first-order valence-corrected chi connectivity index (χ1v) is 7.37. The van der Waals surface area contributed by atoms with Gasteiger partial charge in [-0.3, -0.25) is 4.79 Å². The highest BCUT2D eigenvalue weighted by atomic mass is 16.5. The highest BCUT2D eigenvalue weighted by Gasteiger charge is 2.12. The van der Waals surface area contributed by atoms with Gasteiger partial charge in [0.2, 0.25) is 5.91 Å². The molecule has 1 atom stereocenters. The van der Waals surface area contributed by atoms with Crippen LogP contribution in [0.1, 0.15) is 24.2 Å². The third-order valence-corrected chi connectivity index (χ3v) is 3.25. The van der Waals surface area contributed by atoms with Crippen molar-refractivity contribution in [2.24, 2.45) is 5.11 Å². The van der Waals surface area contributed by atoms with Crippen LogP contribution < -0.4 is 10.1 Å². The van der Waals surface area contributed by atoms with Gasteiger partial charge in [0.25, 0.3) is 0 Å². The second kappa shape index (κ2) is 8.57. The molecule has 2 aromatic rings. The molecule has 0 bridgehead atoms. The Morgan fingerprint density at radius 1 is 1.33 bits per heavy atom.